The van der Waals surface area contributed by atoms with Gasteiger partial charge in [0.05, 0.1) is 28.2 Å². The molecule has 0 unspecified atom stereocenters. The molecule has 0 radical (unpaired) electrons. The van der Waals surface area contributed by atoms with E-state index in [2.05, 4.69) is 41.8 Å². The minimum absolute atomic E-state index is 0.107. The molecular weight excluding hydrogens is 474 g/mol. The van der Waals surface area contributed by atoms with E-state index in [9.17, 15) is 9.90 Å². The van der Waals surface area contributed by atoms with Crippen LogP contribution in [0.3, 0.4) is 0 Å². The third-order valence-corrected chi connectivity index (χ3v) is 7.63. The van der Waals surface area contributed by atoms with Gasteiger partial charge in [0.25, 0.3) is 0 Å². The number of pyridine rings is 1. The third kappa shape index (κ3) is 4.86. The van der Waals surface area contributed by atoms with Crippen molar-refractivity contribution in [1.82, 2.24) is 14.5 Å². The number of carboxylic acids is 1. The van der Waals surface area contributed by atoms with Crippen molar-refractivity contribution < 1.29 is 14.6 Å². The summed E-state index contributed by atoms with van der Waals surface area (Å²) < 4.78 is 8.34. The summed E-state index contributed by atoms with van der Waals surface area (Å²) in [6, 6.07) is 26.5. The number of nitrogens with zero attached hydrogens (tertiary/aromatic N) is 3. The zero-order valence-electron chi connectivity index (χ0n) is 21.5. The maximum atomic E-state index is 12.2. The first-order valence-corrected chi connectivity index (χ1v) is 13.3. The van der Waals surface area contributed by atoms with Crippen LogP contribution in [0.4, 0.5) is 0 Å². The maximum absolute atomic E-state index is 12.2. The molecule has 0 aliphatic heterocycles. The van der Waals surface area contributed by atoms with Crippen LogP contribution in [-0.4, -0.2) is 25.6 Å². The molecule has 5 aromatic rings. The number of ether oxygens (including phenoxy) is 1. The van der Waals surface area contributed by atoms with Crippen LogP contribution >= 0.6 is 0 Å². The number of rotatable bonds is 7. The van der Waals surface area contributed by atoms with Crippen molar-refractivity contribution in [1.29, 1.82) is 0 Å². The summed E-state index contributed by atoms with van der Waals surface area (Å²) in [6.45, 7) is 3.10. The van der Waals surface area contributed by atoms with Crippen molar-refractivity contribution in [3.8, 4) is 5.75 Å². The molecule has 0 saturated heterocycles. The predicted octanol–water partition coefficient (Wildman–Crippen LogP) is 6.88. The van der Waals surface area contributed by atoms with Crippen LogP contribution < -0.4 is 4.74 Å². The topological polar surface area (TPSA) is 77.2 Å². The summed E-state index contributed by atoms with van der Waals surface area (Å²) in [6.07, 6.45) is 3.51. The van der Waals surface area contributed by atoms with Gasteiger partial charge in [-0.05, 0) is 49.6 Å². The van der Waals surface area contributed by atoms with Crippen molar-refractivity contribution in [3.05, 3.63) is 102 Å². The monoisotopic (exact) mass is 505 g/mol. The van der Waals surface area contributed by atoms with E-state index in [0.717, 1.165) is 58.5 Å². The van der Waals surface area contributed by atoms with Crippen LogP contribution in [0.25, 0.3) is 21.9 Å². The lowest BCUT2D eigenvalue weighted by Gasteiger charge is -2.28. The molecule has 0 bridgehead atoms. The van der Waals surface area contributed by atoms with Crippen molar-refractivity contribution in [2.75, 3.05) is 0 Å². The Morgan fingerprint density at radius 1 is 0.947 bits per heavy atom. The largest absolute Gasteiger partial charge is 0.487 e. The van der Waals surface area contributed by atoms with E-state index in [1.807, 2.05) is 48.5 Å². The van der Waals surface area contributed by atoms with Gasteiger partial charge in [-0.15, -0.1) is 0 Å². The molecule has 1 saturated carbocycles. The summed E-state index contributed by atoms with van der Waals surface area (Å²) in [4.78, 5) is 21.9. The fourth-order valence-corrected chi connectivity index (χ4v) is 5.74. The highest BCUT2D eigenvalue weighted by molar-refractivity contribution is 5.79. The summed E-state index contributed by atoms with van der Waals surface area (Å²) in [5, 5.41) is 11.1. The summed E-state index contributed by atoms with van der Waals surface area (Å²) in [5.74, 6) is 0.339. The number of fused-ring (bicyclic) bond motifs is 2. The van der Waals surface area contributed by atoms with Crippen LogP contribution in [-0.2, 0) is 17.9 Å². The van der Waals surface area contributed by atoms with Crippen LogP contribution in [0.5, 0.6) is 5.75 Å². The van der Waals surface area contributed by atoms with Crippen LogP contribution in [0.2, 0.25) is 0 Å². The second kappa shape index (κ2) is 10.3. The predicted molar refractivity (Wildman–Crippen MR) is 148 cm³/mol. The number of aryl methyl sites for hydroxylation is 1. The van der Waals surface area contributed by atoms with Gasteiger partial charge in [0.15, 0.2) is 0 Å². The van der Waals surface area contributed by atoms with Gasteiger partial charge in [-0.2, -0.15) is 0 Å². The van der Waals surface area contributed by atoms with Crippen molar-refractivity contribution in [2.45, 2.75) is 51.7 Å². The number of hydrogen-bond acceptors (Lipinski definition) is 4. The number of aliphatic carboxylic acids is 1. The lowest BCUT2D eigenvalue weighted by Crippen LogP contribution is -2.27. The first-order valence-electron chi connectivity index (χ1n) is 13.3. The fraction of sp³-hybridized carbons (Fsp3) is 0.281. The molecule has 3 aromatic carbocycles. The van der Waals surface area contributed by atoms with Gasteiger partial charge >= 0.3 is 5.97 Å². The molecule has 6 heteroatoms. The fourth-order valence-electron chi connectivity index (χ4n) is 5.74. The van der Waals surface area contributed by atoms with E-state index in [-0.39, 0.29) is 5.92 Å². The molecule has 2 heterocycles. The van der Waals surface area contributed by atoms with Crippen molar-refractivity contribution >= 4 is 27.9 Å². The average Bonchev–Trinajstić information content (AvgIpc) is 3.29. The zero-order chi connectivity index (χ0) is 26.1. The number of aromatic nitrogens is 3. The summed E-state index contributed by atoms with van der Waals surface area (Å²) >= 11 is 0. The Morgan fingerprint density at radius 2 is 1.82 bits per heavy atom. The van der Waals surface area contributed by atoms with Gasteiger partial charge in [-0.1, -0.05) is 66.9 Å². The minimum atomic E-state index is -0.726. The molecule has 192 valence electrons. The van der Waals surface area contributed by atoms with E-state index < -0.39 is 11.9 Å². The minimum Gasteiger partial charge on any atom is -0.487 e. The standard InChI is InChI=1S/C32H31N3O3/c1-21-7-6-8-22(17-21)19-35-30-16-15-25(38-20-24-14-13-23-9-2-5-12-28(23)33-24)18-29(30)34-31(35)26-10-3-4-11-27(26)32(36)37/h2,5-9,12-18,26-27H,3-4,10-11,19-20H2,1H3,(H,36,37)/t26-,27+/m1/s1. The van der Waals surface area contributed by atoms with Gasteiger partial charge in [-0.3, -0.25) is 4.79 Å². The molecule has 38 heavy (non-hydrogen) atoms. The summed E-state index contributed by atoms with van der Waals surface area (Å²) in [5.41, 5.74) is 6.01. The van der Waals surface area contributed by atoms with E-state index in [0.29, 0.717) is 19.6 Å². The molecule has 1 aliphatic carbocycles. The Hall–Kier alpha value is -4.19. The molecule has 0 spiro atoms. The summed E-state index contributed by atoms with van der Waals surface area (Å²) in [7, 11) is 0. The Balaban J connectivity index is 1.34. The normalized spacial score (nSPS) is 17.6. The zero-order valence-corrected chi connectivity index (χ0v) is 21.5. The molecule has 1 N–H and O–H groups in total. The number of imidazole rings is 1. The highest BCUT2D eigenvalue weighted by atomic mass is 16.5. The molecule has 2 aromatic heterocycles. The first-order chi connectivity index (χ1) is 18.5. The molecule has 1 fully saturated rings. The molecule has 6 nitrogen and oxygen atoms in total. The number of benzene rings is 3. The highest BCUT2D eigenvalue weighted by Crippen LogP contribution is 2.39. The average molecular weight is 506 g/mol. The van der Waals surface area contributed by atoms with Gasteiger partial charge in [0, 0.05) is 23.9 Å². The Kier molecular flexibility index (Phi) is 6.54. The molecule has 1 aliphatic rings. The lowest BCUT2D eigenvalue weighted by atomic mass is 9.78. The van der Waals surface area contributed by atoms with Gasteiger partial charge in [-0.25, -0.2) is 9.97 Å². The van der Waals surface area contributed by atoms with E-state index in [1.165, 1.54) is 11.1 Å². The maximum Gasteiger partial charge on any atom is 0.307 e. The highest BCUT2D eigenvalue weighted by Gasteiger charge is 2.35. The lowest BCUT2D eigenvalue weighted by molar-refractivity contribution is -0.143. The second-order valence-electron chi connectivity index (χ2n) is 10.3. The van der Waals surface area contributed by atoms with Crippen LogP contribution in [0.15, 0.2) is 78.9 Å². The van der Waals surface area contributed by atoms with Gasteiger partial charge in [0.2, 0.25) is 0 Å². The van der Waals surface area contributed by atoms with Gasteiger partial charge < -0.3 is 14.4 Å². The smallest absolute Gasteiger partial charge is 0.307 e. The van der Waals surface area contributed by atoms with Crippen molar-refractivity contribution in [2.24, 2.45) is 5.92 Å². The second-order valence-corrected chi connectivity index (χ2v) is 10.3. The molecule has 0 amide bonds. The third-order valence-electron chi connectivity index (χ3n) is 7.63. The number of para-hydroxylation sites is 1. The molecule has 2 atom stereocenters. The van der Waals surface area contributed by atoms with Crippen molar-refractivity contribution in [3.63, 3.8) is 0 Å². The Morgan fingerprint density at radius 3 is 2.68 bits per heavy atom. The van der Waals surface area contributed by atoms with Crippen LogP contribution in [0, 0.1) is 12.8 Å². The number of carboxylic acid groups (broad SMARTS) is 1. The Labute approximate surface area is 221 Å². The Bertz CT molecular complexity index is 1620. The number of hydrogen-bond donors (Lipinski definition) is 1. The molecular formula is C32H31N3O3. The number of carbonyl (C=O) groups is 1. The quantitative estimate of drug-likeness (QED) is 0.261. The van der Waals surface area contributed by atoms with E-state index >= 15 is 0 Å². The van der Waals surface area contributed by atoms with Gasteiger partial charge in [0.1, 0.15) is 18.2 Å². The first kappa shape index (κ1) is 24.2. The van der Waals surface area contributed by atoms with E-state index in [4.69, 9.17) is 14.7 Å². The SMILES string of the molecule is Cc1cccc(Cn2c([C@@H]3CCCC[C@@H]3C(=O)O)nc3cc(OCc4ccc5ccccc5n4)ccc32)c1. The van der Waals surface area contributed by atoms with E-state index in [1.54, 1.807) is 0 Å². The van der Waals surface area contributed by atoms with Crippen LogP contribution in [0.1, 0.15) is 54.2 Å². The molecule has 6 rings (SSSR count).